The van der Waals surface area contributed by atoms with Crippen molar-refractivity contribution in [3.8, 4) is 0 Å². The first-order chi connectivity index (χ1) is 9.36. The van der Waals surface area contributed by atoms with E-state index in [4.69, 9.17) is 0 Å². The summed E-state index contributed by atoms with van der Waals surface area (Å²) < 4.78 is 0. The molecule has 0 unspecified atom stereocenters. The second-order valence-corrected chi connectivity index (χ2v) is 5.27. The average Bonchev–Trinajstić information content (AvgIpc) is 2.89. The Morgan fingerprint density at radius 1 is 0.632 bits per heavy atom. The van der Waals surface area contributed by atoms with Gasteiger partial charge in [0.05, 0.1) is 0 Å². The molecule has 1 saturated carbocycles. The third kappa shape index (κ3) is 2.90. The highest BCUT2D eigenvalue weighted by Gasteiger charge is 2.33. The molecule has 2 aromatic rings. The minimum absolute atomic E-state index is 0.00269. The Hall–Kier alpha value is -1.96. The topological polar surface area (TPSA) is 24.1 Å². The number of rotatable bonds is 4. The number of nitrogens with one attached hydrogen (secondary N) is 2. The number of hydrogen-bond acceptors (Lipinski definition) is 2. The van der Waals surface area contributed by atoms with E-state index in [-0.39, 0.29) is 5.66 Å². The Morgan fingerprint density at radius 2 is 1.05 bits per heavy atom. The Kier molecular flexibility index (Phi) is 3.41. The molecule has 2 aromatic carbocycles. The van der Waals surface area contributed by atoms with E-state index in [0.29, 0.717) is 0 Å². The van der Waals surface area contributed by atoms with E-state index in [9.17, 15) is 0 Å². The van der Waals surface area contributed by atoms with Crippen molar-refractivity contribution < 1.29 is 0 Å². The molecule has 0 heterocycles. The molecule has 19 heavy (non-hydrogen) atoms. The molecule has 0 aromatic heterocycles. The van der Waals surface area contributed by atoms with Crippen LogP contribution in [0.25, 0.3) is 0 Å². The van der Waals surface area contributed by atoms with Crippen molar-refractivity contribution in [1.29, 1.82) is 0 Å². The molecule has 98 valence electrons. The van der Waals surface area contributed by atoms with E-state index in [1.54, 1.807) is 0 Å². The highest BCUT2D eigenvalue weighted by Crippen LogP contribution is 2.34. The van der Waals surface area contributed by atoms with E-state index < -0.39 is 0 Å². The normalized spacial score (nSPS) is 17.1. The standard InChI is InChI=1S/C17H20N2/c1-3-9-15(10-4-1)18-17(13-7-8-14-17)19-16-11-5-2-6-12-16/h1-6,9-12,18-19H,7-8,13-14H2. The third-order valence-corrected chi connectivity index (χ3v) is 3.77. The van der Waals surface area contributed by atoms with Gasteiger partial charge in [-0.3, -0.25) is 0 Å². The molecule has 1 aliphatic rings. The minimum Gasteiger partial charge on any atom is -0.363 e. The zero-order chi connectivity index (χ0) is 13.0. The summed E-state index contributed by atoms with van der Waals surface area (Å²) in [5.74, 6) is 0. The van der Waals surface area contributed by atoms with Gasteiger partial charge in [0.1, 0.15) is 5.66 Å². The van der Waals surface area contributed by atoms with Gasteiger partial charge in [0.2, 0.25) is 0 Å². The molecule has 2 N–H and O–H groups in total. The molecule has 0 saturated heterocycles. The van der Waals surface area contributed by atoms with Crippen LogP contribution in [0.5, 0.6) is 0 Å². The Morgan fingerprint density at radius 3 is 1.47 bits per heavy atom. The molecular formula is C17H20N2. The van der Waals surface area contributed by atoms with Gasteiger partial charge >= 0.3 is 0 Å². The molecule has 0 radical (unpaired) electrons. The quantitative estimate of drug-likeness (QED) is 0.784. The van der Waals surface area contributed by atoms with Crippen LogP contribution in [0.3, 0.4) is 0 Å². The van der Waals surface area contributed by atoms with Crippen molar-refractivity contribution >= 4 is 11.4 Å². The van der Waals surface area contributed by atoms with Crippen LogP contribution in [-0.4, -0.2) is 5.66 Å². The Labute approximate surface area is 114 Å². The number of benzene rings is 2. The molecule has 3 rings (SSSR count). The lowest BCUT2D eigenvalue weighted by Crippen LogP contribution is -2.43. The zero-order valence-corrected chi connectivity index (χ0v) is 11.1. The van der Waals surface area contributed by atoms with Crippen LogP contribution < -0.4 is 10.6 Å². The van der Waals surface area contributed by atoms with E-state index in [2.05, 4.69) is 71.3 Å². The maximum atomic E-state index is 3.69. The fourth-order valence-electron chi connectivity index (χ4n) is 2.86. The first-order valence-corrected chi connectivity index (χ1v) is 7.03. The van der Waals surface area contributed by atoms with Crippen molar-refractivity contribution in [3.05, 3.63) is 60.7 Å². The summed E-state index contributed by atoms with van der Waals surface area (Å²) in [5.41, 5.74) is 2.38. The predicted molar refractivity (Wildman–Crippen MR) is 81.3 cm³/mol. The molecule has 0 amide bonds. The number of anilines is 2. The maximum Gasteiger partial charge on any atom is 0.108 e. The van der Waals surface area contributed by atoms with Gasteiger partial charge in [-0.15, -0.1) is 0 Å². The summed E-state index contributed by atoms with van der Waals surface area (Å²) in [6.07, 6.45) is 4.88. The molecule has 1 aliphatic carbocycles. The first-order valence-electron chi connectivity index (χ1n) is 7.03. The fraction of sp³-hybridized carbons (Fsp3) is 0.294. The van der Waals surface area contributed by atoms with Crippen molar-refractivity contribution in [2.75, 3.05) is 10.6 Å². The zero-order valence-electron chi connectivity index (χ0n) is 11.1. The fourth-order valence-corrected chi connectivity index (χ4v) is 2.86. The minimum atomic E-state index is 0.00269. The molecule has 1 fully saturated rings. The lowest BCUT2D eigenvalue weighted by atomic mass is 10.1. The molecule has 0 aliphatic heterocycles. The van der Waals surface area contributed by atoms with Crippen LogP contribution >= 0.6 is 0 Å². The van der Waals surface area contributed by atoms with Gasteiger partial charge in [-0.2, -0.15) is 0 Å². The summed E-state index contributed by atoms with van der Waals surface area (Å²) in [4.78, 5) is 0. The second-order valence-electron chi connectivity index (χ2n) is 5.27. The SMILES string of the molecule is c1ccc(NC2(Nc3ccccc3)CCCC2)cc1. The summed E-state index contributed by atoms with van der Waals surface area (Å²) in [7, 11) is 0. The number of hydrogen-bond donors (Lipinski definition) is 2. The Bertz CT molecular complexity index is 458. The van der Waals surface area contributed by atoms with E-state index in [0.717, 1.165) is 12.8 Å². The van der Waals surface area contributed by atoms with E-state index in [1.807, 2.05) is 0 Å². The molecule has 0 bridgehead atoms. The molecule has 0 atom stereocenters. The van der Waals surface area contributed by atoms with Crippen LogP contribution in [0.2, 0.25) is 0 Å². The first kappa shape index (κ1) is 12.1. The van der Waals surface area contributed by atoms with Crippen LogP contribution in [0.15, 0.2) is 60.7 Å². The smallest absolute Gasteiger partial charge is 0.108 e. The lowest BCUT2D eigenvalue weighted by Gasteiger charge is -2.33. The van der Waals surface area contributed by atoms with E-state index in [1.165, 1.54) is 24.2 Å². The molecule has 2 heteroatoms. The van der Waals surface area contributed by atoms with Crippen molar-refractivity contribution in [1.82, 2.24) is 0 Å². The van der Waals surface area contributed by atoms with E-state index >= 15 is 0 Å². The van der Waals surface area contributed by atoms with Crippen molar-refractivity contribution in [3.63, 3.8) is 0 Å². The van der Waals surface area contributed by atoms with Gasteiger partial charge in [-0.05, 0) is 49.9 Å². The van der Waals surface area contributed by atoms with Crippen LogP contribution in [0.4, 0.5) is 11.4 Å². The van der Waals surface area contributed by atoms with Gasteiger partial charge in [0.25, 0.3) is 0 Å². The number of para-hydroxylation sites is 2. The van der Waals surface area contributed by atoms with Gasteiger partial charge in [-0.25, -0.2) is 0 Å². The lowest BCUT2D eigenvalue weighted by molar-refractivity contribution is 0.550. The van der Waals surface area contributed by atoms with Crippen LogP contribution in [-0.2, 0) is 0 Å². The summed E-state index contributed by atoms with van der Waals surface area (Å²) >= 11 is 0. The van der Waals surface area contributed by atoms with Gasteiger partial charge in [0.15, 0.2) is 0 Å². The largest absolute Gasteiger partial charge is 0.363 e. The van der Waals surface area contributed by atoms with Gasteiger partial charge in [0, 0.05) is 11.4 Å². The molecule has 0 spiro atoms. The van der Waals surface area contributed by atoms with Gasteiger partial charge in [-0.1, -0.05) is 36.4 Å². The third-order valence-electron chi connectivity index (χ3n) is 3.77. The predicted octanol–water partition coefficient (Wildman–Crippen LogP) is 4.48. The van der Waals surface area contributed by atoms with Crippen LogP contribution in [0, 0.1) is 0 Å². The van der Waals surface area contributed by atoms with Crippen molar-refractivity contribution in [2.45, 2.75) is 31.3 Å². The summed E-state index contributed by atoms with van der Waals surface area (Å²) in [5, 5.41) is 7.38. The molecular weight excluding hydrogens is 232 g/mol. The van der Waals surface area contributed by atoms with Crippen molar-refractivity contribution in [2.24, 2.45) is 0 Å². The maximum absolute atomic E-state index is 3.69. The highest BCUT2D eigenvalue weighted by molar-refractivity contribution is 5.52. The Balaban J connectivity index is 1.79. The van der Waals surface area contributed by atoms with Crippen LogP contribution in [0.1, 0.15) is 25.7 Å². The summed E-state index contributed by atoms with van der Waals surface area (Å²) in [6, 6.07) is 20.9. The highest BCUT2D eigenvalue weighted by atomic mass is 15.2. The average molecular weight is 252 g/mol. The summed E-state index contributed by atoms with van der Waals surface area (Å²) in [6.45, 7) is 0. The second kappa shape index (κ2) is 5.35. The molecule has 2 nitrogen and oxygen atoms in total. The monoisotopic (exact) mass is 252 g/mol. The van der Waals surface area contributed by atoms with Gasteiger partial charge < -0.3 is 10.6 Å².